The van der Waals surface area contributed by atoms with Crippen LogP contribution in [-0.4, -0.2) is 112 Å². The largest absolute Gasteiger partial charge is 0.481 e. The summed E-state index contributed by atoms with van der Waals surface area (Å²) in [6.45, 7) is 8.11. The van der Waals surface area contributed by atoms with E-state index in [1.54, 1.807) is 0 Å². The standard InChI is InChI=1S/C23H38N2O7/c1-2-11-29-13-15-31-17-18-32-16-14-30-12-5-21(26)25-19-23(20-25)6-9-24(10-7-23)8-3-4-22(27)28/h1H,3-20H2,(H,27,28). The molecule has 0 radical (unpaired) electrons. The van der Waals surface area contributed by atoms with Crippen molar-refractivity contribution in [3.05, 3.63) is 0 Å². The van der Waals surface area contributed by atoms with Gasteiger partial charge in [0, 0.05) is 24.9 Å². The molecule has 9 nitrogen and oxygen atoms in total. The number of aliphatic carboxylic acids is 1. The molecule has 2 saturated heterocycles. The fourth-order valence-corrected chi connectivity index (χ4v) is 4.07. The van der Waals surface area contributed by atoms with E-state index in [4.69, 9.17) is 30.5 Å². The zero-order chi connectivity index (χ0) is 23.1. The van der Waals surface area contributed by atoms with Crippen LogP contribution in [0.1, 0.15) is 32.1 Å². The number of hydrogen-bond donors (Lipinski definition) is 1. The van der Waals surface area contributed by atoms with E-state index in [-0.39, 0.29) is 17.7 Å². The van der Waals surface area contributed by atoms with Crippen molar-refractivity contribution >= 4 is 11.9 Å². The molecule has 0 saturated carbocycles. The first-order chi connectivity index (χ1) is 15.5. The number of rotatable bonds is 17. The number of carboxylic acids is 1. The van der Waals surface area contributed by atoms with Crippen LogP contribution in [0.3, 0.4) is 0 Å². The smallest absolute Gasteiger partial charge is 0.303 e. The maximum atomic E-state index is 12.3. The Kier molecular flexibility index (Phi) is 12.6. The third-order valence-corrected chi connectivity index (χ3v) is 5.95. The molecule has 1 N–H and O–H groups in total. The van der Waals surface area contributed by atoms with E-state index in [1.165, 1.54) is 0 Å². The molecule has 0 bridgehead atoms. The number of ether oxygens (including phenoxy) is 4. The van der Waals surface area contributed by atoms with E-state index in [2.05, 4.69) is 10.8 Å². The summed E-state index contributed by atoms with van der Waals surface area (Å²) in [5.74, 6) is 1.81. The lowest BCUT2D eigenvalue weighted by Gasteiger charge is -2.54. The van der Waals surface area contributed by atoms with Crippen LogP contribution >= 0.6 is 0 Å². The van der Waals surface area contributed by atoms with Gasteiger partial charge in [-0.05, 0) is 38.9 Å². The molecule has 182 valence electrons. The van der Waals surface area contributed by atoms with E-state index in [0.29, 0.717) is 65.7 Å². The third-order valence-electron chi connectivity index (χ3n) is 5.95. The predicted molar refractivity (Wildman–Crippen MR) is 118 cm³/mol. The number of terminal acetylenes is 1. The molecule has 1 amide bonds. The zero-order valence-electron chi connectivity index (χ0n) is 19.1. The van der Waals surface area contributed by atoms with Gasteiger partial charge in [0.15, 0.2) is 0 Å². The average Bonchev–Trinajstić information content (AvgIpc) is 2.75. The van der Waals surface area contributed by atoms with Crippen LogP contribution in [0.4, 0.5) is 0 Å². The molecule has 32 heavy (non-hydrogen) atoms. The fourth-order valence-electron chi connectivity index (χ4n) is 4.07. The van der Waals surface area contributed by atoms with Gasteiger partial charge in [0.1, 0.15) is 6.61 Å². The maximum absolute atomic E-state index is 12.3. The number of nitrogens with zero attached hydrogens (tertiary/aromatic N) is 2. The average molecular weight is 455 g/mol. The van der Waals surface area contributed by atoms with E-state index in [9.17, 15) is 9.59 Å². The molecule has 0 atom stereocenters. The number of carbonyl (C=O) groups is 2. The Labute approximate surface area is 191 Å². The summed E-state index contributed by atoms with van der Waals surface area (Å²) in [5.41, 5.74) is 0.267. The minimum Gasteiger partial charge on any atom is -0.481 e. The van der Waals surface area contributed by atoms with Gasteiger partial charge in [0.2, 0.25) is 5.91 Å². The van der Waals surface area contributed by atoms with Crippen LogP contribution in [0.25, 0.3) is 0 Å². The maximum Gasteiger partial charge on any atom is 0.303 e. The minimum atomic E-state index is -0.729. The molecule has 0 aromatic heterocycles. The van der Waals surface area contributed by atoms with Crippen LogP contribution in [0.5, 0.6) is 0 Å². The quantitative estimate of drug-likeness (QED) is 0.255. The molecule has 1 spiro atoms. The second-order valence-electron chi connectivity index (χ2n) is 8.43. The van der Waals surface area contributed by atoms with Crippen LogP contribution in [0.15, 0.2) is 0 Å². The van der Waals surface area contributed by atoms with Crippen molar-refractivity contribution in [1.82, 2.24) is 9.80 Å². The molecule has 0 aromatic carbocycles. The van der Waals surface area contributed by atoms with Gasteiger partial charge in [-0.1, -0.05) is 5.92 Å². The molecular formula is C23H38N2O7. The van der Waals surface area contributed by atoms with Crippen molar-refractivity contribution in [3.63, 3.8) is 0 Å². The van der Waals surface area contributed by atoms with Gasteiger partial charge in [0.25, 0.3) is 0 Å². The van der Waals surface area contributed by atoms with Crippen molar-refractivity contribution in [2.45, 2.75) is 32.1 Å². The first kappa shape index (κ1) is 26.6. The van der Waals surface area contributed by atoms with E-state index in [0.717, 1.165) is 45.6 Å². The summed E-state index contributed by atoms with van der Waals surface area (Å²) in [7, 11) is 0. The number of likely N-dealkylation sites (tertiary alicyclic amines) is 2. The Hall–Kier alpha value is -1.70. The summed E-state index contributed by atoms with van der Waals surface area (Å²) < 4.78 is 21.3. The molecule has 9 heteroatoms. The second kappa shape index (κ2) is 15.2. The van der Waals surface area contributed by atoms with Gasteiger partial charge in [-0.15, -0.1) is 6.42 Å². The van der Waals surface area contributed by atoms with E-state index < -0.39 is 5.97 Å². The summed E-state index contributed by atoms with van der Waals surface area (Å²) in [6.07, 6.45) is 8.57. The minimum absolute atomic E-state index is 0.154. The highest BCUT2D eigenvalue weighted by atomic mass is 16.6. The number of hydrogen-bond acceptors (Lipinski definition) is 7. The molecule has 0 unspecified atom stereocenters. The molecule has 2 rings (SSSR count). The summed E-state index contributed by atoms with van der Waals surface area (Å²) in [5, 5.41) is 8.74. The molecule has 2 fully saturated rings. The van der Waals surface area contributed by atoms with Crippen LogP contribution < -0.4 is 0 Å². The molecular weight excluding hydrogens is 416 g/mol. The third kappa shape index (κ3) is 10.3. The van der Waals surface area contributed by atoms with Crippen molar-refractivity contribution in [1.29, 1.82) is 0 Å². The lowest BCUT2D eigenvalue weighted by molar-refractivity contribution is -0.148. The van der Waals surface area contributed by atoms with Crippen molar-refractivity contribution in [2.75, 3.05) is 85.6 Å². The van der Waals surface area contributed by atoms with Gasteiger partial charge >= 0.3 is 5.97 Å². The molecule has 2 aliphatic rings. The fraction of sp³-hybridized carbons (Fsp3) is 0.826. The topological polar surface area (TPSA) is 97.8 Å². The second-order valence-corrected chi connectivity index (χ2v) is 8.43. The Morgan fingerprint density at radius 1 is 0.875 bits per heavy atom. The SMILES string of the molecule is C#CCOCCOCCOCCOCCC(=O)N1CC2(CCN(CCCC(=O)O)CC2)C1. The Balaban J connectivity index is 1.39. The molecule has 2 heterocycles. The normalized spacial score (nSPS) is 17.8. The summed E-state index contributed by atoms with van der Waals surface area (Å²) >= 11 is 0. The van der Waals surface area contributed by atoms with Crippen molar-refractivity contribution in [2.24, 2.45) is 5.41 Å². The van der Waals surface area contributed by atoms with Gasteiger partial charge < -0.3 is 33.9 Å². The molecule has 0 aromatic rings. The highest BCUT2D eigenvalue weighted by Crippen LogP contribution is 2.40. The Morgan fingerprint density at radius 3 is 2.00 bits per heavy atom. The highest BCUT2D eigenvalue weighted by Gasteiger charge is 2.46. The van der Waals surface area contributed by atoms with Crippen molar-refractivity contribution in [3.8, 4) is 12.3 Å². The summed E-state index contributed by atoms with van der Waals surface area (Å²) in [4.78, 5) is 27.2. The van der Waals surface area contributed by atoms with Crippen LogP contribution in [0, 0.1) is 17.8 Å². The zero-order valence-corrected chi connectivity index (χ0v) is 19.1. The Bertz CT molecular complexity index is 592. The number of carboxylic acid groups (broad SMARTS) is 1. The van der Waals surface area contributed by atoms with Gasteiger partial charge in [-0.25, -0.2) is 0 Å². The van der Waals surface area contributed by atoms with E-state index in [1.807, 2.05) is 4.90 Å². The highest BCUT2D eigenvalue weighted by molar-refractivity contribution is 5.77. The lowest BCUT2D eigenvalue weighted by atomic mass is 9.72. The van der Waals surface area contributed by atoms with E-state index >= 15 is 0 Å². The first-order valence-corrected chi connectivity index (χ1v) is 11.5. The molecule has 0 aliphatic carbocycles. The van der Waals surface area contributed by atoms with Gasteiger partial charge in [-0.2, -0.15) is 0 Å². The number of carbonyl (C=O) groups excluding carboxylic acids is 1. The lowest BCUT2D eigenvalue weighted by Crippen LogP contribution is -2.62. The predicted octanol–water partition coefficient (Wildman–Crippen LogP) is 0.865. The van der Waals surface area contributed by atoms with Crippen molar-refractivity contribution < 1.29 is 33.6 Å². The number of amides is 1. The monoisotopic (exact) mass is 454 g/mol. The van der Waals surface area contributed by atoms with Gasteiger partial charge in [-0.3, -0.25) is 9.59 Å². The van der Waals surface area contributed by atoms with Crippen LogP contribution in [0.2, 0.25) is 0 Å². The van der Waals surface area contributed by atoms with Gasteiger partial charge in [0.05, 0.1) is 52.7 Å². The first-order valence-electron chi connectivity index (χ1n) is 11.5. The number of piperidine rings is 1. The van der Waals surface area contributed by atoms with Crippen LogP contribution in [-0.2, 0) is 28.5 Å². The Morgan fingerprint density at radius 2 is 1.44 bits per heavy atom. The molecule has 2 aliphatic heterocycles. The summed E-state index contributed by atoms with van der Waals surface area (Å²) in [6, 6.07) is 0.